The molecule has 0 bridgehead atoms. The van der Waals surface area contributed by atoms with Crippen LogP contribution in [0.4, 0.5) is 4.39 Å². The number of thiazole rings is 1. The third-order valence-corrected chi connectivity index (χ3v) is 8.79. The van der Waals surface area contributed by atoms with E-state index in [1.54, 1.807) is 13.8 Å². The summed E-state index contributed by atoms with van der Waals surface area (Å²) in [5.74, 6) is -0.478. The van der Waals surface area contributed by atoms with Crippen LogP contribution in [0.2, 0.25) is 0 Å². The fourth-order valence-corrected chi connectivity index (χ4v) is 6.11. The third kappa shape index (κ3) is 5.56. The lowest BCUT2D eigenvalue weighted by atomic mass is 9.75. The molecule has 2 rings (SSSR count). The van der Waals surface area contributed by atoms with Gasteiger partial charge in [-0.2, -0.15) is 0 Å². The smallest absolute Gasteiger partial charge is 0.236 e. The summed E-state index contributed by atoms with van der Waals surface area (Å²) in [4.78, 5) is 17.6. The minimum atomic E-state index is -3.27. The molecular formula is C21H32FN3O3S2. The summed E-state index contributed by atoms with van der Waals surface area (Å²) in [5.41, 5.74) is 0.577. The number of nitrogens with one attached hydrogen (secondary N) is 1. The molecule has 1 amide bonds. The molecule has 6 nitrogen and oxygen atoms in total. The topological polar surface area (TPSA) is 91.7 Å². The lowest BCUT2D eigenvalue weighted by Crippen LogP contribution is -2.32. The van der Waals surface area contributed by atoms with Gasteiger partial charge in [0, 0.05) is 26.1 Å². The molecule has 1 aliphatic rings. The second-order valence-electron chi connectivity index (χ2n) is 8.74. The van der Waals surface area contributed by atoms with E-state index in [9.17, 15) is 18.5 Å². The molecule has 1 aromatic rings. The Bertz CT molecular complexity index is 978. The Morgan fingerprint density at radius 2 is 2.07 bits per heavy atom. The Kier molecular flexibility index (Phi) is 7.63. The van der Waals surface area contributed by atoms with Gasteiger partial charge in [-0.1, -0.05) is 33.3 Å². The number of nitrogens with zero attached hydrogens (tertiary/aromatic N) is 2. The monoisotopic (exact) mass is 457 g/mol. The summed E-state index contributed by atoms with van der Waals surface area (Å²) in [6, 6.07) is 0. The van der Waals surface area contributed by atoms with Gasteiger partial charge in [-0.25, -0.2) is 17.9 Å². The number of amides is 1. The first-order valence-electron chi connectivity index (χ1n) is 10.0. The van der Waals surface area contributed by atoms with Gasteiger partial charge >= 0.3 is 0 Å². The van der Waals surface area contributed by atoms with E-state index in [0.717, 1.165) is 22.5 Å². The molecule has 0 aromatic carbocycles. The average Bonchev–Trinajstić information content (AvgIpc) is 3.13. The number of aromatic nitrogens is 1. The predicted molar refractivity (Wildman–Crippen MR) is 119 cm³/mol. The molecule has 9 heteroatoms. The van der Waals surface area contributed by atoms with Crippen LogP contribution in [0.15, 0.2) is 37.9 Å². The number of hydrogen-bond donors (Lipinski definition) is 2. The van der Waals surface area contributed by atoms with Crippen LogP contribution in [0.3, 0.4) is 0 Å². The van der Waals surface area contributed by atoms with E-state index in [0.29, 0.717) is 4.88 Å². The average molecular weight is 458 g/mol. The zero-order valence-electron chi connectivity index (χ0n) is 18.7. The maximum atomic E-state index is 14.2. The highest BCUT2D eigenvalue weighted by Gasteiger charge is 2.31. The van der Waals surface area contributed by atoms with Crippen molar-refractivity contribution in [2.24, 2.45) is 22.1 Å². The van der Waals surface area contributed by atoms with E-state index < -0.39 is 21.4 Å². The van der Waals surface area contributed by atoms with E-state index >= 15 is 0 Å². The van der Waals surface area contributed by atoms with Crippen molar-refractivity contribution in [1.82, 2.24) is 9.71 Å². The van der Waals surface area contributed by atoms with Gasteiger partial charge in [0.05, 0.1) is 10.5 Å². The van der Waals surface area contributed by atoms with Gasteiger partial charge in [-0.3, -0.25) is 9.52 Å². The number of aliphatic hydroxyl groups is 1. The lowest BCUT2D eigenvalue weighted by Gasteiger charge is -2.30. The summed E-state index contributed by atoms with van der Waals surface area (Å²) in [6.45, 7) is 11.2. The minimum absolute atomic E-state index is 0.0242. The zero-order chi connectivity index (χ0) is 22.9. The van der Waals surface area contributed by atoms with Crippen molar-refractivity contribution in [3.63, 3.8) is 0 Å². The number of carbonyl (C=O) groups is 1. The van der Waals surface area contributed by atoms with Crippen LogP contribution >= 0.6 is 11.3 Å². The molecule has 1 aromatic heterocycles. The van der Waals surface area contributed by atoms with Gasteiger partial charge in [-0.05, 0) is 43.3 Å². The van der Waals surface area contributed by atoms with Crippen LogP contribution in [0, 0.1) is 17.8 Å². The van der Waals surface area contributed by atoms with Crippen LogP contribution in [-0.2, 0) is 20.3 Å². The number of rotatable bonds is 7. The van der Waals surface area contributed by atoms with Crippen LogP contribution < -0.4 is 4.72 Å². The summed E-state index contributed by atoms with van der Waals surface area (Å²) in [5, 5.41) is 10.1. The zero-order valence-corrected chi connectivity index (χ0v) is 20.3. The van der Waals surface area contributed by atoms with E-state index in [-0.39, 0.29) is 40.8 Å². The maximum Gasteiger partial charge on any atom is 0.236 e. The molecule has 0 saturated heterocycles. The highest BCUT2D eigenvalue weighted by Crippen LogP contribution is 2.39. The number of hydrogen-bond acceptors (Lipinski definition) is 6. The SMILES string of the molecule is CN=S(=O)(NC(=O)CC1=C(C(C)C)C=C(F)CC1C(C)C)c1ncc(C(C)(C)O)s1. The number of carbonyl (C=O) groups excluding carboxylic acids is 1. The quantitative estimate of drug-likeness (QED) is 0.619. The van der Waals surface area contributed by atoms with E-state index in [1.807, 2.05) is 27.7 Å². The summed E-state index contributed by atoms with van der Waals surface area (Å²) in [7, 11) is -1.91. The first kappa shape index (κ1) is 24.7. The normalized spacial score (nSPS) is 19.7. The molecular weight excluding hydrogens is 425 g/mol. The summed E-state index contributed by atoms with van der Waals surface area (Å²) < 4.78 is 34.1. The first-order valence-corrected chi connectivity index (χ1v) is 12.3. The lowest BCUT2D eigenvalue weighted by molar-refractivity contribution is -0.118. The third-order valence-electron chi connectivity index (χ3n) is 5.16. The largest absolute Gasteiger partial charge is 0.385 e. The summed E-state index contributed by atoms with van der Waals surface area (Å²) in [6.07, 6.45) is 3.27. The Labute approximate surface area is 183 Å². The Balaban J connectivity index is 2.34. The molecule has 1 aliphatic carbocycles. The second-order valence-corrected chi connectivity index (χ2v) is 12.0. The van der Waals surface area contributed by atoms with Crippen LogP contribution in [0.1, 0.15) is 59.3 Å². The van der Waals surface area contributed by atoms with Crippen molar-refractivity contribution < 1.29 is 18.5 Å². The fraction of sp³-hybridized carbons (Fsp3) is 0.619. The van der Waals surface area contributed by atoms with Gasteiger partial charge in [0.1, 0.15) is 5.83 Å². The summed E-state index contributed by atoms with van der Waals surface area (Å²) >= 11 is 1.05. The fourth-order valence-electron chi connectivity index (χ4n) is 3.48. The molecule has 2 atom stereocenters. The minimum Gasteiger partial charge on any atom is -0.385 e. The first-order chi connectivity index (χ1) is 13.8. The predicted octanol–water partition coefficient (Wildman–Crippen LogP) is 4.73. The Morgan fingerprint density at radius 1 is 1.43 bits per heavy atom. The maximum absolute atomic E-state index is 14.2. The Hall–Kier alpha value is -1.58. The van der Waals surface area contributed by atoms with Crippen molar-refractivity contribution >= 4 is 27.2 Å². The molecule has 0 fully saturated rings. The molecule has 2 N–H and O–H groups in total. The van der Waals surface area contributed by atoms with Gasteiger partial charge in [0.15, 0.2) is 9.92 Å². The van der Waals surface area contributed by atoms with Crippen molar-refractivity contribution in [3.05, 3.63) is 34.1 Å². The molecule has 0 radical (unpaired) electrons. The van der Waals surface area contributed by atoms with E-state index in [2.05, 4.69) is 14.1 Å². The van der Waals surface area contributed by atoms with E-state index in [4.69, 9.17) is 0 Å². The van der Waals surface area contributed by atoms with E-state index in [1.165, 1.54) is 19.3 Å². The van der Waals surface area contributed by atoms with Crippen molar-refractivity contribution in [2.75, 3.05) is 7.05 Å². The molecule has 2 unspecified atom stereocenters. The molecule has 168 valence electrons. The molecule has 0 aliphatic heterocycles. The number of halogens is 1. The highest BCUT2D eigenvalue weighted by atomic mass is 32.2. The second kappa shape index (κ2) is 9.28. The van der Waals surface area contributed by atoms with Crippen molar-refractivity contribution in [1.29, 1.82) is 0 Å². The van der Waals surface area contributed by atoms with Gasteiger partial charge in [-0.15, -0.1) is 11.3 Å². The van der Waals surface area contributed by atoms with Crippen LogP contribution in [-0.4, -0.2) is 27.3 Å². The van der Waals surface area contributed by atoms with Crippen molar-refractivity contribution in [2.45, 2.75) is 64.3 Å². The van der Waals surface area contributed by atoms with Crippen molar-refractivity contribution in [3.8, 4) is 0 Å². The highest BCUT2D eigenvalue weighted by molar-refractivity contribution is 7.94. The van der Waals surface area contributed by atoms with Gasteiger partial charge in [0.25, 0.3) is 0 Å². The van der Waals surface area contributed by atoms with Gasteiger partial charge < -0.3 is 5.11 Å². The number of allylic oxidation sites excluding steroid dienone is 3. The molecule has 0 spiro atoms. The molecule has 0 saturated carbocycles. The molecule has 30 heavy (non-hydrogen) atoms. The van der Waals surface area contributed by atoms with Gasteiger partial charge in [0.2, 0.25) is 10.2 Å². The Morgan fingerprint density at radius 3 is 2.53 bits per heavy atom. The standard InChI is InChI=1S/C21H32FN3O3S2/c1-12(2)15-8-14(22)9-16(13(3)4)17(15)10-19(26)25-30(28,23-7)20-24-11-18(29-20)21(5,6)27/h8,11-13,16,27H,9-10H2,1-7H3,(H,23,25,26,28). The van der Waals surface area contributed by atoms with Crippen LogP contribution in [0.5, 0.6) is 0 Å². The molecule has 1 heterocycles. The van der Waals surface area contributed by atoms with Crippen LogP contribution in [0.25, 0.3) is 0 Å².